The number of aryl methyl sites for hydroxylation is 2. The number of aliphatic hydroxyl groups excluding tert-OH is 1. The van der Waals surface area contributed by atoms with Gasteiger partial charge in [-0.25, -0.2) is 0 Å². The molecule has 0 spiro atoms. The third-order valence-electron chi connectivity index (χ3n) is 5.31. The first-order valence-corrected chi connectivity index (χ1v) is 9.36. The summed E-state index contributed by atoms with van der Waals surface area (Å²) in [6.07, 6.45) is 6.91. The largest absolute Gasteiger partial charge is 0.396 e. The van der Waals surface area contributed by atoms with Gasteiger partial charge in [0.25, 0.3) is 0 Å². The van der Waals surface area contributed by atoms with Crippen LogP contribution in [0.1, 0.15) is 61.9 Å². The normalized spacial score (nSPS) is 20.7. The maximum absolute atomic E-state index is 12.4. The van der Waals surface area contributed by atoms with E-state index in [4.69, 9.17) is 5.26 Å². The van der Waals surface area contributed by atoms with Crippen LogP contribution in [0.15, 0.2) is 0 Å². The molecule has 2 atom stereocenters. The molecule has 1 amide bonds. The summed E-state index contributed by atoms with van der Waals surface area (Å²) in [5.41, 5.74) is 3.09. The van der Waals surface area contributed by atoms with E-state index in [1.807, 2.05) is 18.5 Å². The van der Waals surface area contributed by atoms with Crippen molar-refractivity contribution in [3.8, 4) is 6.07 Å². The molecule has 2 rings (SSSR count). The van der Waals surface area contributed by atoms with Crippen LogP contribution in [0.25, 0.3) is 0 Å². The van der Waals surface area contributed by atoms with E-state index < -0.39 is 0 Å². The van der Waals surface area contributed by atoms with Crippen LogP contribution in [0.4, 0.5) is 0 Å². The number of aromatic nitrogens is 2. The van der Waals surface area contributed by atoms with E-state index in [2.05, 4.69) is 16.5 Å². The molecule has 1 aromatic heterocycles. The molecule has 2 N–H and O–H groups in total. The fraction of sp³-hybridized carbons (Fsp3) is 0.737. The van der Waals surface area contributed by atoms with Gasteiger partial charge in [0.15, 0.2) is 0 Å². The highest BCUT2D eigenvalue weighted by Gasteiger charge is 2.24. The molecule has 0 radical (unpaired) electrons. The minimum atomic E-state index is 0.0499. The molecule has 1 heterocycles. The van der Waals surface area contributed by atoms with Crippen LogP contribution in [-0.2, 0) is 17.8 Å². The molecule has 0 aromatic carbocycles. The number of nitriles is 1. The van der Waals surface area contributed by atoms with Gasteiger partial charge in [0, 0.05) is 30.7 Å². The summed E-state index contributed by atoms with van der Waals surface area (Å²) >= 11 is 0. The Morgan fingerprint density at radius 3 is 2.84 bits per heavy atom. The van der Waals surface area contributed by atoms with Gasteiger partial charge in [0.2, 0.25) is 5.91 Å². The highest BCUT2D eigenvalue weighted by molar-refractivity contribution is 5.76. The van der Waals surface area contributed by atoms with Crippen molar-refractivity contribution in [2.45, 2.75) is 77.8 Å². The number of nitrogens with one attached hydrogen (secondary N) is 1. The number of aliphatic hydroxyl groups is 1. The van der Waals surface area contributed by atoms with E-state index in [0.29, 0.717) is 25.8 Å². The standard InChI is InChI=1S/C19H30N4O2/c1-14-17(15(2)23(22-14)12-6-11-20)9-10-19(25)21-18-8-5-3-4-7-16(18)13-24/h16,18,24H,3-10,12-13H2,1-2H3,(H,21,25). The highest BCUT2D eigenvalue weighted by atomic mass is 16.3. The van der Waals surface area contributed by atoms with Crippen molar-refractivity contribution in [2.75, 3.05) is 6.61 Å². The van der Waals surface area contributed by atoms with Gasteiger partial charge in [-0.15, -0.1) is 0 Å². The summed E-state index contributed by atoms with van der Waals surface area (Å²) in [6.45, 7) is 4.69. The van der Waals surface area contributed by atoms with E-state index in [1.165, 1.54) is 6.42 Å². The molecule has 1 fully saturated rings. The Hall–Kier alpha value is -1.87. The Balaban J connectivity index is 1.91. The third-order valence-corrected chi connectivity index (χ3v) is 5.31. The summed E-state index contributed by atoms with van der Waals surface area (Å²) in [5.74, 6) is 0.234. The summed E-state index contributed by atoms with van der Waals surface area (Å²) in [4.78, 5) is 12.4. The lowest BCUT2D eigenvalue weighted by atomic mass is 9.95. The summed E-state index contributed by atoms with van der Waals surface area (Å²) in [7, 11) is 0. The van der Waals surface area contributed by atoms with E-state index in [0.717, 1.165) is 42.6 Å². The Kier molecular flexibility index (Phi) is 7.45. The first-order valence-electron chi connectivity index (χ1n) is 9.36. The first-order chi connectivity index (χ1) is 12.1. The Bertz CT molecular complexity index is 618. The van der Waals surface area contributed by atoms with Crippen LogP contribution >= 0.6 is 0 Å². The van der Waals surface area contributed by atoms with Crippen LogP contribution in [0.5, 0.6) is 0 Å². The van der Waals surface area contributed by atoms with Crippen molar-refractivity contribution in [1.29, 1.82) is 5.26 Å². The summed E-state index contributed by atoms with van der Waals surface area (Å²) < 4.78 is 1.86. The molecule has 1 aromatic rings. The van der Waals surface area contributed by atoms with Crippen LogP contribution < -0.4 is 5.32 Å². The van der Waals surface area contributed by atoms with E-state index >= 15 is 0 Å². The topological polar surface area (TPSA) is 90.9 Å². The Morgan fingerprint density at radius 1 is 1.36 bits per heavy atom. The number of carbonyl (C=O) groups is 1. The average Bonchev–Trinajstić information content (AvgIpc) is 2.76. The summed E-state index contributed by atoms with van der Waals surface area (Å²) in [5, 5.41) is 25.9. The second-order valence-corrected chi connectivity index (χ2v) is 7.04. The molecule has 1 aliphatic carbocycles. The fourth-order valence-corrected chi connectivity index (χ4v) is 3.78. The fourth-order valence-electron chi connectivity index (χ4n) is 3.78. The van der Waals surface area contributed by atoms with Gasteiger partial charge in [-0.3, -0.25) is 9.48 Å². The minimum Gasteiger partial charge on any atom is -0.396 e. The zero-order valence-corrected chi connectivity index (χ0v) is 15.4. The van der Waals surface area contributed by atoms with Gasteiger partial charge >= 0.3 is 0 Å². The van der Waals surface area contributed by atoms with Gasteiger partial charge in [-0.2, -0.15) is 10.4 Å². The van der Waals surface area contributed by atoms with Gasteiger partial charge in [0.1, 0.15) is 0 Å². The van der Waals surface area contributed by atoms with Crippen molar-refractivity contribution in [3.63, 3.8) is 0 Å². The minimum absolute atomic E-state index is 0.0499. The van der Waals surface area contributed by atoms with E-state index in [1.54, 1.807) is 0 Å². The Morgan fingerprint density at radius 2 is 2.12 bits per heavy atom. The number of hydrogen-bond acceptors (Lipinski definition) is 4. The van der Waals surface area contributed by atoms with E-state index in [-0.39, 0.29) is 24.5 Å². The van der Waals surface area contributed by atoms with Crippen molar-refractivity contribution in [2.24, 2.45) is 5.92 Å². The SMILES string of the molecule is Cc1nn(CCC#N)c(C)c1CCC(=O)NC1CCCCCC1CO. The first kappa shape index (κ1) is 19.5. The monoisotopic (exact) mass is 346 g/mol. The number of amides is 1. The summed E-state index contributed by atoms with van der Waals surface area (Å²) in [6, 6.07) is 2.23. The molecule has 0 saturated heterocycles. The maximum atomic E-state index is 12.4. The molecule has 2 unspecified atom stereocenters. The van der Waals surface area contributed by atoms with E-state index in [9.17, 15) is 9.90 Å². The lowest BCUT2D eigenvalue weighted by Gasteiger charge is -2.24. The second kappa shape index (κ2) is 9.57. The molecule has 138 valence electrons. The zero-order chi connectivity index (χ0) is 18.2. The quantitative estimate of drug-likeness (QED) is 0.742. The number of carbonyl (C=O) groups excluding carboxylic acids is 1. The predicted octanol–water partition coefficient (Wildman–Crippen LogP) is 2.40. The van der Waals surface area contributed by atoms with Crippen molar-refractivity contribution >= 4 is 5.91 Å². The third kappa shape index (κ3) is 5.30. The van der Waals surface area contributed by atoms with Gasteiger partial charge in [-0.1, -0.05) is 19.3 Å². The predicted molar refractivity (Wildman–Crippen MR) is 95.8 cm³/mol. The highest BCUT2D eigenvalue weighted by Crippen LogP contribution is 2.23. The van der Waals surface area contributed by atoms with Crippen LogP contribution in [-0.4, -0.2) is 33.4 Å². The second-order valence-electron chi connectivity index (χ2n) is 7.04. The smallest absolute Gasteiger partial charge is 0.220 e. The molecule has 1 saturated carbocycles. The lowest BCUT2D eigenvalue weighted by molar-refractivity contribution is -0.122. The van der Waals surface area contributed by atoms with Crippen LogP contribution in [0.2, 0.25) is 0 Å². The molecule has 6 heteroatoms. The molecule has 1 aliphatic rings. The zero-order valence-electron chi connectivity index (χ0n) is 15.4. The number of hydrogen-bond donors (Lipinski definition) is 2. The number of nitrogens with zero attached hydrogens (tertiary/aromatic N) is 3. The molecular weight excluding hydrogens is 316 g/mol. The van der Waals surface area contributed by atoms with Gasteiger partial charge < -0.3 is 10.4 Å². The molecule has 6 nitrogen and oxygen atoms in total. The maximum Gasteiger partial charge on any atom is 0.220 e. The molecule has 0 aliphatic heterocycles. The van der Waals surface area contributed by atoms with Crippen LogP contribution in [0.3, 0.4) is 0 Å². The van der Waals surface area contributed by atoms with Crippen LogP contribution in [0, 0.1) is 31.1 Å². The Labute approximate surface area is 150 Å². The molecule has 0 bridgehead atoms. The number of rotatable bonds is 7. The van der Waals surface area contributed by atoms with Crippen molar-refractivity contribution in [3.05, 3.63) is 17.0 Å². The molecule has 25 heavy (non-hydrogen) atoms. The molecular formula is C19H30N4O2. The van der Waals surface area contributed by atoms with Gasteiger partial charge in [0.05, 0.1) is 24.7 Å². The lowest BCUT2D eigenvalue weighted by Crippen LogP contribution is -2.41. The average molecular weight is 346 g/mol. The van der Waals surface area contributed by atoms with Crippen molar-refractivity contribution < 1.29 is 9.90 Å². The van der Waals surface area contributed by atoms with Gasteiger partial charge in [-0.05, 0) is 38.7 Å². The van der Waals surface area contributed by atoms with Crippen molar-refractivity contribution in [1.82, 2.24) is 15.1 Å².